The molecule has 2 heterocycles. The Hall–Kier alpha value is -1.10. The van der Waals surface area contributed by atoms with Crippen LogP contribution in [0.1, 0.15) is 18.4 Å². The third-order valence-electron chi connectivity index (χ3n) is 4.25. The summed E-state index contributed by atoms with van der Waals surface area (Å²) in [4.78, 5) is 2.55. The summed E-state index contributed by atoms with van der Waals surface area (Å²) in [6.45, 7) is 2.54. The minimum Gasteiger partial charge on any atom is -0.496 e. The highest BCUT2D eigenvalue weighted by Gasteiger charge is 2.37. The third kappa shape index (κ3) is 2.61. The van der Waals surface area contributed by atoms with Crippen LogP contribution < -0.4 is 10.5 Å². The highest BCUT2D eigenvalue weighted by molar-refractivity contribution is 5.33. The van der Waals surface area contributed by atoms with Gasteiger partial charge in [0, 0.05) is 30.2 Å². The fourth-order valence-electron chi connectivity index (χ4n) is 3.32. The zero-order chi connectivity index (χ0) is 13.2. The highest BCUT2D eigenvalue weighted by Crippen LogP contribution is 2.30. The van der Waals surface area contributed by atoms with Crippen LogP contribution in [0.25, 0.3) is 0 Å². The van der Waals surface area contributed by atoms with Crippen LogP contribution in [-0.4, -0.2) is 43.3 Å². The van der Waals surface area contributed by atoms with E-state index < -0.39 is 0 Å². The summed E-state index contributed by atoms with van der Waals surface area (Å²) in [6, 6.07) is 9.48. The lowest BCUT2D eigenvalue weighted by molar-refractivity contribution is -0.0821. The van der Waals surface area contributed by atoms with Crippen molar-refractivity contribution in [3.05, 3.63) is 29.8 Å². The molecule has 4 nitrogen and oxygen atoms in total. The second-order valence-electron chi connectivity index (χ2n) is 5.56. The molecular formula is C15H22N2O2. The average Bonchev–Trinajstić information content (AvgIpc) is 2.40. The monoisotopic (exact) mass is 262 g/mol. The van der Waals surface area contributed by atoms with Crippen molar-refractivity contribution in [2.75, 3.05) is 20.3 Å². The Morgan fingerprint density at radius 3 is 2.63 bits per heavy atom. The van der Waals surface area contributed by atoms with Gasteiger partial charge in [-0.15, -0.1) is 0 Å². The first kappa shape index (κ1) is 12.9. The SMILES string of the molecule is COc1ccccc1CN1C2COCC1CC(N)C2. The van der Waals surface area contributed by atoms with Crippen molar-refractivity contribution in [1.82, 2.24) is 4.90 Å². The molecule has 2 fully saturated rings. The van der Waals surface area contributed by atoms with Gasteiger partial charge in [0.1, 0.15) is 5.75 Å². The number of fused-ring (bicyclic) bond motifs is 2. The molecule has 2 unspecified atom stereocenters. The van der Waals surface area contributed by atoms with Crippen LogP contribution in [0.2, 0.25) is 0 Å². The first-order valence-corrected chi connectivity index (χ1v) is 6.99. The van der Waals surface area contributed by atoms with Crippen molar-refractivity contribution >= 4 is 0 Å². The Balaban J connectivity index is 1.78. The van der Waals surface area contributed by atoms with Gasteiger partial charge < -0.3 is 15.2 Å². The number of ether oxygens (including phenoxy) is 2. The van der Waals surface area contributed by atoms with Crippen LogP contribution in [0, 0.1) is 0 Å². The van der Waals surface area contributed by atoms with Gasteiger partial charge in [-0.3, -0.25) is 4.90 Å². The van der Waals surface area contributed by atoms with E-state index in [0.717, 1.165) is 38.3 Å². The molecule has 1 aromatic carbocycles. The number of para-hydroxylation sites is 1. The van der Waals surface area contributed by atoms with E-state index in [9.17, 15) is 0 Å². The van der Waals surface area contributed by atoms with Crippen molar-refractivity contribution in [3.63, 3.8) is 0 Å². The minimum atomic E-state index is 0.327. The normalized spacial score (nSPS) is 31.2. The number of morpholine rings is 1. The molecule has 19 heavy (non-hydrogen) atoms. The number of benzene rings is 1. The van der Waals surface area contributed by atoms with Gasteiger partial charge in [0.05, 0.1) is 20.3 Å². The molecule has 0 spiro atoms. The number of hydrogen-bond donors (Lipinski definition) is 1. The van der Waals surface area contributed by atoms with E-state index in [2.05, 4.69) is 17.0 Å². The summed E-state index contributed by atoms with van der Waals surface area (Å²) in [7, 11) is 1.73. The van der Waals surface area contributed by atoms with Crippen molar-refractivity contribution in [2.45, 2.75) is 37.5 Å². The number of nitrogens with two attached hydrogens (primary N) is 1. The van der Waals surface area contributed by atoms with Gasteiger partial charge in [-0.1, -0.05) is 18.2 Å². The topological polar surface area (TPSA) is 47.7 Å². The van der Waals surface area contributed by atoms with E-state index in [1.165, 1.54) is 5.56 Å². The molecule has 2 atom stereocenters. The Kier molecular flexibility index (Phi) is 3.73. The molecule has 2 aliphatic rings. The Bertz CT molecular complexity index is 424. The van der Waals surface area contributed by atoms with Gasteiger partial charge in [0.25, 0.3) is 0 Å². The summed E-state index contributed by atoms with van der Waals surface area (Å²) >= 11 is 0. The second-order valence-corrected chi connectivity index (χ2v) is 5.56. The molecule has 2 saturated heterocycles. The van der Waals surface area contributed by atoms with Crippen molar-refractivity contribution in [2.24, 2.45) is 5.73 Å². The molecule has 0 aliphatic carbocycles. The van der Waals surface area contributed by atoms with Crippen molar-refractivity contribution in [3.8, 4) is 5.75 Å². The lowest BCUT2D eigenvalue weighted by atomic mass is 9.90. The molecule has 4 heteroatoms. The average molecular weight is 262 g/mol. The van der Waals surface area contributed by atoms with Gasteiger partial charge >= 0.3 is 0 Å². The molecule has 2 aliphatic heterocycles. The van der Waals surface area contributed by atoms with E-state index in [0.29, 0.717) is 18.1 Å². The van der Waals surface area contributed by atoms with Crippen LogP contribution in [0.15, 0.2) is 24.3 Å². The maximum Gasteiger partial charge on any atom is 0.123 e. The van der Waals surface area contributed by atoms with Gasteiger partial charge in [-0.2, -0.15) is 0 Å². The zero-order valence-electron chi connectivity index (χ0n) is 11.4. The summed E-state index contributed by atoms with van der Waals surface area (Å²) in [5.41, 5.74) is 7.38. The molecule has 3 rings (SSSR count). The van der Waals surface area contributed by atoms with Crippen LogP contribution in [0.5, 0.6) is 5.75 Å². The molecular weight excluding hydrogens is 240 g/mol. The predicted molar refractivity (Wildman–Crippen MR) is 74.1 cm³/mol. The third-order valence-corrected chi connectivity index (χ3v) is 4.25. The Labute approximate surface area is 114 Å². The number of methoxy groups -OCH3 is 1. The lowest BCUT2D eigenvalue weighted by Crippen LogP contribution is -2.59. The standard InChI is InChI=1S/C15H22N2O2/c1-18-15-5-3-2-4-11(15)8-17-13-6-12(16)7-14(17)10-19-9-13/h2-5,12-14H,6-10,16H2,1H3. The van der Waals surface area contributed by atoms with E-state index in [4.69, 9.17) is 15.2 Å². The smallest absolute Gasteiger partial charge is 0.123 e. The molecule has 2 bridgehead atoms. The van der Waals surface area contributed by atoms with Gasteiger partial charge in [0.15, 0.2) is 0 Å². The number of piperidine rings is 1. The Morgan fingerprint density at radius 1 is 1.26 bits per heavy atom. The molecule has 0 aromatic heterocycles. The number of hydrogen-bond acceptors (Lipinski definition) is 4. The zero-order valence-corrected chi connectivity index (χ0v) is 11.4. The molecule has 2 N–H and O–H groups in total. The lowest BCUT2D eigenvalue weighted by Gasteiger charge is -2.47. The molecule has 0 amide bonds. The first-order valence-electron chi connectivity index (χ1n) is 6.99. The van der Waals surface area contributed by atoms with Crippen molar-refractivity contribution < 1.29 is 9.47 Å². The van der Waals surface area contributed by atoms with E-state index in [1.54, 1.807) is 7.11 Å². The first-order chi connectivity index (χ1) is 9.28. The predicted octanol–water partition coefficient (Wildman–Crippen LogP) is 1.39. The van der Waals surface area contributed by atoms with Crippen molar-refractivity contribution in [1.29, 1.82) is 0 Å². The summed E-state index contributed by atoms with van der Waals surface area (Å²) in [5, 5.41) is 0. The number of nitrogens with zero attached hydrogens (tertiary/aromatic N) is 1. The Morgan fingerprint density at radius 2 is 1.95 bits per heavy atom. The highest BCUT2D eigenvalue weighted by atomic mass is 16.5. The maximum absolute atomic E-state index is 6.13. The van der Waals surface area contributed by atoms with E-state index in [-0.39, 0.29) is 0 Å². The fraction of sp³-hybridized carbons (Fsp3) is 0.600. The van der Waals surface area contributed by atoms with Gasteiger partial charge in [0.2, 0.25) is 0 Å². The largest absolute Gasteiger partial charge is 0.496 e. The molecule has 0 saturated carbocycles. The number of rotatable bonds is 3. The van der Waals surface area contributed by atoms with Crippen LogP contribution >= 0.6 is 0 Å². The van der Waals surface area contributed by atoms with Crippen LogP contribution in [-0.2, 0) is 11.3 Å². The van der Waals surface area contributed by atoms with Gasteiger partial charge in [-0.25, -0.2) is 0 Å². The van der Waals surface area contributed by atoms with Crippen LogP contribution in [0.3, 0.4) is 0 Å². The maximum atomic E-state index is 6.13. The van der Waals surface area contributed by atoms with Crippen LogP contribution in [0.4, 0.5) is 0 Å². The summed E-state index contributed by atoms with van der Waals surface area (Å²) in [5.74, 6) is 0.969. The molecule has 104 valence electrons. The minimum absolute atomic E-state index is 0.327. The molecule has 1 aromatic rings. The molecule has 0 radical (unpaired) electrons. The summed E-state index contributed by atoms with van der Waals surface area (Å²) in [6.07, 6.45) is 2.07. The quantitative estimate of drug-likeness (QED) is 0.894. The summed E-state index contributed by atoms with van der Waals surface area (Å²) < 4.78 is 11.1. The van der Waals surface area contributed by atoms with Gasteiger partial charge in [-0.05, 0) is 18.9 Å². The van der Waals surface area contributed by atoms with E-state index in [1.807, 2.05) is 12.1 Å². The fourth-order valence-corrected chi connectivity index (χ4v) is 3.32. The van der Waals surface area contributed by atoms with E-state index >= 15 is 0 Å². The second kappa shape index (κ2) is 5.49.